The van der Waals surface area contributed by atoms with E-state index in [2.05, 4.69) is 15.6 Å². The van der Waals surface area contributed by atoms with E-state index in [0.29, 0.717) is 24.7 Å². The summed E-state index contributed by atoms with van der Waals surface area (Å²) in [5.74, 6) is 0.438. The summed E-state index contributed by atoms with van der Waals surface area (Å²) < 4.78 is 27.1. The number of sulfonamides is 1. The summed E-state index contributed by atoms with van der Waals surface area (Å²) in [6, 6.07) is 9.58. The summed E-state index contributed by atoms with van der Waals surface area (Å²) in [6.45, 7) is 0.914. The average Bonchev–Trinajstić information content (AvgIpc) is 2.74. The molecular formula is C21H28N4O3S. The van der Waals surface area contributed by atoms with Gasteiger partial charge in [-0.25, -0.2) is 17.5 Å². The Balaban J connectivity index is 1.54. The van der Waals surface area contributed by atoms with Gasteiger partial charge in [0.1, 0.15) is 0 Å². The summed E-state index contributed by atoms with van der Waals surface area (Å²) in [5.41, 5.74) is 1.42. The molecule has 1 fully saturated rings. The first kappa shape index (κ1) is 21.3. The number of urea groups is 1. The second kappa shape index (κ2) is 9.84. The fraction of sp³-hybridized carbons (Fsp3) is 0.429. The minimum Gasteiger partial charge on any atom is -0.334 e. The number of hydrogen-bond donors (Lipinski definition) is 2. The molecule has 2 N–H and O–H groups in total. The van der Waals surface area contributed by atoms with E-state index in [1.165, 1.54) is 35.7 Å². The van der Waals surface area contributed by atoms with Crippen LogP contribution in [0, 0.1) is 5.92 Å². The van der Waals surface area contributed by atoms with Crippen molar-refractivity contribution in [2.75, 3.05) is 18.9 Å². The fourth-order valence-electron chi connectivity index (χ4n) is 3.58. The Labute approximate surface area is 172 Å². The highest BCUT2D eigenvalue weighted by Crippen LogP contribution is 2.26. The van der Waals surface area contributed by atoms with E-state index >= 15 is 0 Å². The molecule has 0 radical (unpaired) electrons. The molecule has 3 rings (SSSR count). The number of carbonyl (C=O) groups excluding carboxylic acids is 1. The van der Waals surface area contributed by atoms with Gasteiger partial charge in [0.2, 0.25) is 10.0 Å². The van der Waals surface area contributed by atoms with Crippen LogP contribution in [0.3, 0.4) is 0 Å². The predicted octanol–water partition coefficient (Wildman–Crippen LogP) is 3.60. The van der Waals surface area contributed by atoms with Crippen molar-refractivity contribution < 1.29 is 13.2 Å². The van der Waals surface area contributed by atoms with Crippen LogP contribution in [0.15, 0.2) is 53.7 Å². The molecule has 1 aliphatic rings. The third kappa shape index (κ3) is 6.01. The summed E-state index contributed by atoms with van der Waals surface area (Å²) in [5, 5.41) is 5.45. The molecule has 0 saturated heterocycles. The lowest BCUT2D eigenvalue weighted by Gasteiger charge is -2.26. The van der Waals surface area contributed by atoms with Crippen LogP contribution < -0.4 is 10.6 Å². The standard InChI is InChI=1S/C21H28N4O3S/c1-25(16-17-6-3-2-4-7-17)29(27,28)20-11-9-19(10-12-20)24-21(26)23-15-18-8-5-13-22-14-18/h5,8-14,17H,2-4,6-7,15-16H2,1H3,(H2,23,24,26). The Hall–Kier alpha value is -2.45. The molecule has 0 spiro atoms. The van der Waals surface area contributed by atoms with Crippen LogP contribution in [0.5, 0.6) is 0 Å². The van der Waals surface area contributed by atoms with Crippen LogP contribution in [-0.2, 0) is 16.6 Å². The van der Waals surface area contributed by atoms with Crippen molar-refractivity contribution in [2.24, 2.45) is 5.92 Å². The van der Waals surface area contributed by atoms with Crippen LogP contribution in [0.4, 0.5) is 10.5 Å². The van der Waals surface area contributed by atoms with Crippen molar-refractivity contribution in [3.05, 3.63) is 54.4 Å². The van der Waals surface area contributed by atoms with Crippen molar-refractivity contribution in [3.63, 3.8) is 0 Å². The van der Waals surface area contributed by atoms with Gasteiger partial charge in [-0.2, -0.15) is 0 Å². The summed E-state index contributed by atoms with van der Waals surface area (Å²) in [7, 11) is -1.89. The molecule has 0 atom stereocenters. The van der Waals surface area contributed by atoms with Gasteiger partial charge in [-0.05, 0) is 54.7 Å². The maximum atomic E-state index is 12.8. The monoisotopic (exact) mass is 416 g/mol. The SMILES string of the molecule is CN(CC1CCCCC1)S(=O)(=O)c1ccc(NC(=O)NCc2cccnc2)cc1. The molecule has 0 unspecified atom stereocenters. The van der Waals surface area contributed by atoms with Gasteiger partial charge in [0.15, 0.2) is 0 Å². The third-order valence-corrected chi connectivity index (χ3v) is 7.07. The van der Waals surface area contributed by atoms with Gasteiger partial charge in [0.05, 0.1) is 4.90 Å². The Kier molecular flexibility index (Phi) is 7.22. The number of rotatable bonds is 7. The highest BCUT2D eigenvalue weighted by Gasteiger charge is 2.24. The van der Waals surface area contributed by atoms with Gasteiger partial charge in [0, 0.05) is 38.2 Å². The number of anilines is 1. The first-order valence-electron chi connectivity index (χ1n) is 9.95. The average molecular weight is 417 g/mol. The highest BCUT2D eigenvalue weighted by atomic mass is 32.2. The second-order valence-electron chi connectivity index (χ2n) is 7.48. The Bertz CT molecular complexity index is 895. The number of hydrogen-bond acceptors (Lipinski definition) is 4. The largest absolute Gasteiger partial charge is 0.334 e. The van der Waals surface area contributed by atoms with Crippen molar-refractivity contribution in [1.29, 1.82) is 0 Å². The van der Waals surface area contributed by atoms with Crippen LogP contribution >= 0.6 is 0 Å². The summed E-state index contributed by atoms with van der Waals surface area (Å²) in [4.78, 5) is 16.3. The first-order chi connectivity index (χ1) is 13.9. The predicted molar refractivity (Wildman–Crippen MR) is 113 cm³/mol. The lowest BCUT2D eigenvalue weighted by atomic mass is 9.89. The molecule has 2 aromatic rings. The quantitative estimate of drug-likeness (QED) is 0.721. The van der Waals surface area contributed by atoms with Crippen molar-refractivity contribution in [1.82, 2.24) is 14.6 Å². The molecule has 0 aliphatic heterocycles. The van der Waals surface area contributed by atoms with Crippen LogP contribution in [0.25, 0.3) is 0 Å². The minimum absolute atomic E-state index is 0.233. The maximum Gasteiger partial charge on any atom is 0.319 e. The molecule has 1 aliphatic carbocycles. The van der Waals surface area contributed by atoms with Gasteiger partial charge in [-0.1, -0.05) is 25.3 Å². The number of nitrogens with zero attached hydrogens (tertiary/aromatic N) is 2. The number of amides is 2. The van der Waals surface area contributed by atoms with Gasteiger partial charge >= 0.3 is 6.03 Å². The molecule has 7 nitrogen and oxygen atoms in total. The highest BCUT2D eigenvalue weighted by molar-refractivity contribution is 7.89. The Morgan fingerprint density at radius 1 is 1.14 bits per heavy atom. The van der Waals surface area contributed by atoms with Crippen molar-refractivity contribution in [2.45, 2.75) is 43.5 Å². The van der Waals surface area contributed by atoms with Crippen LogP contribution in [0.1, 0.15) is 37.7 Å². The smallest absolute Gasteiger partial charge is 0.319 e. The van der Waals surface area contributed by atoms with E-state index in [0.717, 1.165) is 18.4 Å². The number of pyridine rings is 1. The molecule has 29 heavy (non-hydrogen) atoms. The Morgan fingerprint density at radius 2 is 1.86 bits per heavy atom. The molecule has 2 amide bonds. The lowest BCUT2D eigenvalue weighted by molar-refractivity contribution is 0.251. The zero-order valence-electron chi connectivity index (χ0n) is 16.7. The van der Waals surface area contributed by atoms with E-state index in [1.807, 2.05) is 6.07 Å². The van der Waals surface area contributed by atoms with Gasteiger partial charge in [0.25, 0.3) is 0 Å². The minimum atomic E-state index is -3.53. The van der Waals surface area contributed by atoms with E-state index in [1.54, 1.807) is 37.6 Å². The van der Waals surface area contributed by atoms with E-state index in [9.17, 15) is 13.2 Å². The normalized spacial score (nSPS) is 15.2. The van der Waals surface area contributed by atoms with Gasteiger partial charge in [-0.15, -0.1) is 0 Å². The molecule has 156 valence electrons. The second-order valence-corrected chi connectivity index (χ2v) is 9.53. The zero-order chi connectivity index (χ0) is 20.7. The molecule has 8 heteroatoms. The van der Waals surface area contributed by atoms with E-state index in [-0.39, 0.29) is 10.9 Å². The fourth-order valence-corrected chi connectivity index (χ4v) is 4.83. The van der Waals surface area contributed by atoms with E-state index in [4.69, 9.17) is 0 Å². The van der Waals surface area contributed by atoms with Crippen molar-refractivity contribution >= 4 is 21.7 Å². The van der Waals surface area contributed by atoms with E-state index < -0.39 is 10.0 Å². The zero-order valence-corrected chi connectivity index (χ0v) is 17.5. The third-order valence-electron chi connectivity index (χ3n) is 5.24. The topological polar surface area (TPSA) is 91.4 Å². The molecule has 1 aromatic heterocycles. The van der Waals surface area contributed by atoms with Crippen LogP contribution in [0.2, 0.25) is 0 Å². The molecule has 1 saturated carbocycles. The van der Waals surface area contributed by atoms with Crippen molar-refractivity contribution in [3.8, 4) is 0 Å². The first-order valence-corrected chi connectivity index (χ1v) is 11.4. The number of nitrogens with one attached hydrogen (secondary N) is 2. The number of aromatic nitrogens is 1. The van der Waals surface area contributed by atoms with Gasteiger partial charge in [-0.3, -0.25) is 4.98 Å². The maximum absolute atomic E-state index is 12.8. The number of carbonyl (C=O) groups is 1. The molecule has 1 aromatic carbocycles. The molecular weight excluding hydrogens is 388 g/mol. The van der Waals surface area contributed by atoms with Gasteiger partial charge < -0.3 is 10.6 Å². The summed E-state index contributed by atoms with van der Waals surface area (Å²) >= 11 is 0. The molecule has 0 bridgehead atoms. The summed E-state index contributed by atoms with van der Waals surface area (Å²) in [6.07, 6.45) is 9.16. The number of benzene rings is 1. The van der Waals surface area contributed by atoms with Crippen LogP contribution in [-0.4, -0.2) is 37.3 Å². The Morgan fingerprint density at radius 3 is 2.52 bits per heavy atom. The molecule has 1 heterocycles. The lowest BCUT2D eigenvalue weighted by Crippen LogP contribution is -2.32.